The van der Waals surface area contributed by atoms with E-state index in [0.717, 1.165) is 23.6 Å². The van der Waals surface area contributed by atoms with Crippen LogP contribution in [0.1, 0.15) is 32.6 Å². The van der Waals surface area contributed by atoms with Crippen molar-refractivity contribution in [3.8, 4) is 5.75 Å². The molecular formula is C17H28ClN3O4S. The van der Waals surface area contributed by atoms with Crippen molar-refractivity contribution in [3.63, 3.8) is 0 Å². The third-order valence-electron chi connectivity index (χ3n) is 4.36. The van der Waals surface area contributed by atoms with Crippen LogP contribution >= 0.6 is 12.4 Å². The van der Waals surface area contributed by atoms with Gasteiger partial charge in [-0.25, -0.2) is 12.7 Å². The van der Waals surface area contributed by atoms with Gasteiger partial charge in [0.2, 0.25) is 15.9 Å². The number of carbonyl (C=O) groups is 1. The molecule has 7 nitrogen and oxygen atoms in total. The van der Waals surface area contributed by atoms with E-state index in [2.05, 4.69) is 5.32 Å². The third kappa shape index (κ3) is 5.33. The van der Waals surface area contributed by atoms with Gasteiger partial charge in [-0.15, -0.1) is 12.4 Å². The minimum Gasteiger partial charge on any atom is -0.492 e. The molecule has 0 radical (unpaired) electrons. The second kappa shape index (κ2) is 9.55. The molecule has 0 spiro atoms. The Hall–Kier alpha value is -1.35. The van der Waals surface area contributed by atoms with Crippen molar-refractivity contribution in [2.24, 2.45) is 11.7 Å². The van der Waals surface area contributed by atoms with Crippen LogP contribution in [-0.4, -0.2) is 45.4 Å². The highest BCUT2D eigenvalue weighted by Crippen LogP contribution is 2.30. The standard InChI is InChI=1S/C17H27N3O4S.ClH/c1-4-24-15-9-8-14(11-16(15)25(22,23)20(2)3)19-17(21)12-6-5-7-13(18)10-12;/h8-9,11-13H,4-7,10,18H2,1-3H3,(H,19,21);1H. The molecule has 0 aliphatic heterocycles. The summed E-state index contributed by atoms with van der Waals surface area (Å²) >= 11 is 0. The van der Waals surface area contributed by atoms with Crippen LogP contribution in [0.25, 0.3) is 0 Å². The van der Waals surface area contributed by atoms with Crippen LogP contribution in [0.15, 0.2) is 23.1 Å². The predicted molar refractivity (Wildman–Crippen MR) is 104 cm³/mol. The van der Waals surface area contributed by atoms with Gasteiger partial charge < -0.3 is 15.8 Å². The number of anilines is 1. The lowest BCUT2D eigenvalue weighted by molar-refractivity contribution is -0.120. The number of benzene rings is 1. The summed E-state index contributed by atoms with van der Waals surface area (Å²) in [4.78, 5) is 12.5. The second-order valence-corrected chi connectivity index (χ2v) is 8.62. The highest BCUT2D eigenvalue weighted by Gasteiger charge is 2.27. The number of nitrogens with zero attached hydrogens (tertiary/aromatic N) is 1. The number of nitrogens with one attached hydrogen (secondary N) is 1. The number of sulfonamides is 1. The quantitative estimate of drug-likeness (QED) is 0.755. The number of rotatable bonds is 6. The molecule has 9 heteroatoms. The van der Waals surface area contributed by atoms with E-state index >= 15 is 0 Å². The Bertz CT molecular complexity index is 725. The van der Waals surface area contributed by atoms with Crippen molar-refractivity contribution in [2.75, 3.05) is 26.0 Å². The van der Waals surface area contributed by atoms with Gasteiger partial charge in [0.1, 0.15) is 10.6 Å². The Labute approximate surface area is 161 Å². The average molecular weight is 406 g/mol. The monoisotopic (exact) mass is 405 g/mol. The fourth-order valence-corrected chi connectivity index (χ4v) is 4.02. The summed E-state index contributed by atoms with van der Waals surface area (Å²) in [5.74, 6) is 0.0191. The number of ether oxygens (including phenoxy) is 1. The summed E-state index contributed by atoms with van der Waals surface area (Å²) in [6.07, 6.45) is 3.34. The SMILES string of the molecule is CCOc1ccc(NC(=O)C2CCCC(N)C2)cc1S(=O)(=O)N(C)C.Cl. The molecule has 1 aromatic rings. The summed E-state index contributed by atoms with van der Waals surface area (Å²) in [6.45, 7) is 2.13. The maximum absolute atomic E-state index is 12.5. The van der Waals surface area contributed by atoms with E-state index in [0.29, 0.717) is 18.7 Å². The average Bonchev–Trinajstić information content (AvgIpc) is 2.56. The minimum absolute atomic E-state index is 0. The zero-order valence-corrected chi connectivity index (χ0v) is 17.0. The summed E-state index contributed by atoms with van der Waals surface area (Å²) < 4.78 is 31.6. The van der Waals surface area contributed by atoms with Gasteiger partial charge >= 0.3 is 0 Å². The zero-order valence-electron chi connectivity index (χ0n) is 15.4. The van der Waals surface area contributed by atoms with E-state index in [1.54, 1.807) is 19.1 Å². The Kier molecular flexibility index (Phi) is 8.33. The molecule has 2 atom stereocenters. The second-order valence-electron chi connectivity index (χ2n) is 6.49. The van der Waals surface area contributed by atoms with Crippen LogP contribution in [0.3, 0.4) is 0 Å². The van der Waals surface area contributed by atoms with Gasteiger partial charge in [0.25, 0.3) is 0 Å². The van der Waals surface area contributed by atoms with E-state index in [-0.39, 0.29) is 40.9 Å². The number of nitrogens with two attached hydrogens (primary N) is 1. The van der Waals surface area contributed by atoms with Gasteiger partial charge in [-0.3, -0.25) is 4.79 Å². The van der Waals surface area contributed by atoms with Crippen LogP contribution in [-0.2, 0) is 14.8 Å². The zero-order chi connectivity index (χ0) is 18.6. The number of hydrogen-bond donors (Lipinski definition) is 2. The lowest BCUT2D eigenvalue weighted by atomic mass is 9.85. The first kappa shape index (κ1) is 22.7. The molecule has 1 saturated carbocycles. The fourth-order valence-electron chi connectivity index (χ4n) is 2.97. The van der Waals surface area contributed by atoms with Gasteiger partial charge in [0, 0.05) is 31.7 Å². The van der Waals surface area contributed by atoms with Crippen molar-refractivity contribution in [1.82, 2.24) is 4.31 Å². The van der Waals surface area contributed by atoms with E-state index < -0.39 is 10.0 Å². The summed E-state index contributed by atoms with van der Waals surface area (Å²) in [5, 5.41) is 2.82. The van der Waals surface area contributed by atoms with Crippen LogP contribution in [0.4, 0.5) is 5.69 Å². The van der Waals surface area contributed by atoms with Gasteiger partial charge in [0.15, 0.2) is 0 Å². The van der Waals surface area contributed by atoms with Crippen molar-refractivity contribution >= 4 is 34.0 Å². The first-order chi connectivity index (χ1) is 11.8. The predicted octanol–water partition coefficient (Wildman–Crippen LogP) is 2.21. The molecule has 2 rings (SSSR count). The number of amides is 1. The van der Waals surface area contributed by atoms with Crippen molar-refractivity contribution in [2.45, 2.75) is 43.5 Å². The highest BCUT2D eigenvalue weighted by molar-refractivity contribution is 7.89. The molecular weight excluding hydrogens is 378 g/mol. The summed E-state index contributed by atoms with van der Waals surface area (Å²) in [7, 11) is -0.769. The molecule has 0 heterocycles. The normalized spacial score (nSPS) is 20.3. The minimum atomic E-state index is -3.68. The summed E-state index contributed by atoms with van der Waals surface area (Å²) in [6, 6.07) is 4.72. The topological polar surface area (TPSA) is 102 Å². The van der Waals surface area contributed by atoms with Crippen LogP contribution < -0.4 is 15.8 Å². The van der Waals surface area contributed by atoms with Gasteiger partial charge in [-0.1, -0.05) is 6.42 Å². The molecule has 1 aromatic carbocycles. The molecule has 26 heavy (non-hydrogen) atoms. The van der Waals surface area contributed by atoms with Gasteiger partial charge in [-0.2, -0.15) is 0 Å². The van der Waals surface area contributed by atoms with E-state index in [4.69, 9.17) is 10.5 Å². The highest BCUT2D eigenvalue weighted by atomic mass is 35.5. The van der Waals surface area contributed by atoms with Gasteiger partial charge in [-0.05, 0) is 44.4 Å². The smallest absolute Gasteiger partial charge is 0.246 e. The van der Waals surface area contributed by atoms with Crippen molar-refractivity contribution in [1.29, 1.82) is 0 Å². The first-order valence-corrected chi connectivity index (χ1v) is 9.95. The molecule has 1 fully saturated rings. The Balaban J connectivity index is 0.00000338. The van der Waals surface area contributed by atoms with Crippen LogP contribution in [0.2, 0.25) is 0 Å². The molecule has 0 bridgehead atoms. The van der Waals surface area contributed by atoms with Crippen molar-refractivity contribution < 1.29 is 17.9 Å². The maximum atomic E-state index is 12.5. The lowest BCUT2D eigenvalue weighted by Gasteiger charge is -2.25. The van der Waals surface area contributed by atoms with E-state index in [9.17, 15) is 13.2 Å². The van der Waals surface area contributed by atoms with E-state index in [1.807, 2.05) is 0 Å². The largest absolute Gasteiger partial charge is 0.492 e. The number of carbonyl (C=O) groups excluding carboxylic acids is 1. The Morgan fingerprint density at radius 1 is 1.35 bits per heavy atom. The Morgan fingerprint density at radius 2 is 2.04 bits per heavy atom. The molecule has 2 unspecified atom stereocenters. The molecule has 1 aliphatic carbocycles. The van der Waals surface area contributed by atoms with Crippen LogP contribution in [0, 0.1) is 5.92 Å². The number of hydrogen-bond acceptors (Lipinski definition) is 5. The Morgan fingerprint density at radius 3 is 2.62 bits per heavy atom. The van der Waals surface area contributed by atoms with Crippen LogP contribution in [0.5, 0.6) is 5.75 Å². The lowest BCUT2D eigenvalue weighted by Crippen LogP contribution is -2.34. The van der Waals surface area contributed by atoms with Gasteiger partial charge in [0.05, 0.1) is 6.61 Å². The fraction of sp³-hybridized carbons (Fsp3) is 0.588. The van der Waals surface area contributed by atoms with Crippen molar-refractivity contribution in [3.05, 3.63) is 18.2 Å². The molecule has 1 amide bonds. The first-order valence-electron chi connectivity index (χ1n) is 8.51. The molecule has 0 aromatic heterocycles. The van der Waals surface area contributed by atoms with E-state index in [1.165, 1.54) is 20.2 Å². The molecule has 1 aliphatic rings. The maximum Gasteiger partial charge on any atom is 0.246 e. The molecule has 148 valence electrons. The third-order valence-corrected chi connectivity index (χ3v) is 6.19. The number of halogens is 1. The summed E-state index contributed by atoms with van der Waals surface area (Å²) in [5.41, 5.74) is 6.38. The molecule has 3 N–H and O–H groups in total. The molecule has 0 saturated heterocycles.